The Hall–Kier alpha value is -3.36. The summed E-state index contributed by atoms with van der Waals surface area (Å²) in [5.41, 5.74) is 2.90. The number of anilines is 1. The van der Waals surface area contributed by atoms with Gasteiger partial charge in [0, 0.05) is 24.0 Å². The van der Waals surface area contributed by atoms with Gasteiger partial charge in [-0.15, -0.1) is 0 Å². The van der Waals surface area contributed by atoms with Crippen LogP contribution in [0.3, 0.4) is 0 Å². The number of amides is 2. The monoisotopic (exact) mass is 569 g/mol. The van der Waals surface area contributed by atoms with E-state index in [0.717, 1.165) is 33.7 Å². The largest absolute Gasteiger partial charge is 0.352 e. The van der Waals surface area contributed by atoms with Gasteiger partial charge in [-0.2, -0.15) is 0 Å². The number of halogens is 1. The predicted molar refractivity (Wildman–Crippen MR) is 157 cm³/mol. The molecular weight excluding hydrogens is 534 g/mol. The summed E-state index contributed by atoms with van der Waals surface area (Å²) in [6.07, 6.45) is 2.07. The van der Waals surface area contributed by atoms with Crippen LogP contribution in [0.15, 0.2) is 78.9 Å². The third-order valence-corrected chi connectivity index (χ3v) is 7.90. The Morgan fingerprint density at radius 3 is 2.21 bits per heavy atom. The van der Waals surface area contributed by atoms with Crippen molar-refractivity contribution in [1.82, 2.24) is 10.2 Å². The predicted octanol–water partition coefficient (Wildman–Crippen LogP) is 4.97. The molecule has 0 saturated heterocycles. The minimum atomic E-state index is -3.80. The van der Waals surface area contributed by atoms with Crippen molar-refractivity contribution in [2.24, 2.45) is 0 Å². The Kier molecular flexibility index (Phi) is 10.5. The zero-order valence-electron chi connectivity index (χ0n) is 22.8. The maximum atomic E-state index is 14.0. The number of rotatable bonds is 12. The average Bonchev–Trinajstić information content (AvgIpc) is 2.90. The number of nitrogens with one attached hydrogen (secondary N) is 1. The van der Waals surface area contributed by atoms with Gasteiger partial charge >= 0.3 is 0 Å². The highest BCUT2D eigenvalue weighted by molar-refractivity contribution is 7.92. The molecule has 0 radical (unpaired) electrons. The molecule has 2 atom stereocenters. The summed E-state index contributed by atoms with van der Waals surface area (Å²) >= 11 is 6.09. The second-order valence-corrected chi connectivity index (χ2v) is 12.1. The van der Waals surface area contributed by atoms with Crippen LogP contribution < -0.4 is 9.62 Å². The summed E-state index contributed by atoms with van der Waals surface area (Å²) in [5.74, 6) is -0.783. The van der Waals surface area contributed by atoms with Crippen LogP contribution in [0.25, 0.3) is 0 Å². The molecule has 0 aliphatic carbocycles. The molecule has 2 amide bonds. The molecule has 3 aromatic rings. The zero-order chi connectivity index (χ0) is 28.6. The smallest absolute Gasteiger partial charge is 0.244 e. The third kappa shape index (κ3) is 8.83. The van der Waals surface area contributed by atoms with Crippen LogP contribution in [0.5, 0.6) is 0 Å². The average molecular weight is 570 g/mol. The molecule has 0 bridgehead atoms. The molecule has 0 aromatic heterocycles. The normalized spacial score (nSPS) is 12.8. The summed E-state index contributed by atoms with van der Waals surface area (Å²) in [4.78, 5) is 29.2. The van der Waals surface area contributed by atoms with Crippen molar-refractivity contribution in [3.63, 3.8) is 0 Å². The second kappa shape index (κ2) is 13.6. The molecule has 0 unspecified atom stereocenters. The molecule has 0 saturated carbocycles. The number of carbonyl (C=O) groups is 2. The maximum absolute atomic E-state index is 14.0. The van der Waals surface area contributed by atoms with E-state index >= 15 is 0 Å². The quantitative estimate of drug-likeness (QED) is 0.334. The van der Waals surface area contributed by atoms with E-state index in [2.05, 4.69) is 5.32 Å². The van der Waals surface area contributed by atoms with Crippen molar-refractivity contribution in [3.05, 3.63) is 101 Å². The highest BCUT2D eigenvalue weighted by atomic mass is 35.5. The Labute approximate surface area is 236 Å². The summed E-state index contributed by atoms with van der Waals surface area (Å²) in [5, 5.41) is 3.57. The Morgan fingerprint density at radius 1 is 0.949 bits per heavy atom. The molecule has 208 valence electrons. The van der Waals surface area contributed by atoms with Crippen LogP contribution in [0.2, 0.25) is 5.02 Å². The first kappa shape index (κ1) is 30.2. The summed E-state index contributed by atoms with van der Waals surface area (Å²) in [7, 11) is -3.80. The highest BCUT2D eigenvalue weighted by Crippen LogP contribution is 2.22. The van der Waals surface area contributed by atoms with Crippen LogP contribution in [0.1, 0.15) is 37.0 Å². The molecule has 3 aromatic carbocycles. The van der Waals surface area contributed by atoms with Crippen molar-refractivity contribution in [2.75, 3.05) is 17.1 Å². The van der Waals surface area contributed by atoms with E-state index in [1.165, 1.54) is 4.90 Å². The highest BCUT2D eigenvalue weighted by Gasteiger charge is 2.33. The lowest BCUT2D eigenvalue weighted by Gasteiger charge is -2.34. The van der Waals surface area contributed by atoms with Crippen molar-refractivity contribution in [2.45, 2.75) is 52.2 Å². The van der Waals surface area contributed by atoms with E-state index in [0.29, 0.717) is 10.7 Å². The molecule has 0 aliphatic heterocycles. The lowest BCUT2D eigenvalue weighted by atomic mass is 10.0. The van der Waals surface area contributed by atoms with Crippen LogP contribution >= 0.6 is 11.6 Å². The molecule has 1 N–H and O–H groups in total. The molecule has 0 heterocycles. The van der Waals surface area contributed by atoms with Gasteiger partial charge < -0.3 is 10.2 Å². The molecule has 9 heteroatoms. The molecule has 3 rings (SSSR count). The van der Waals surface area contributed by atoms with E-state index in [9.17, 15) is 18.0 Å². The second-order valence-electron chi connectivity index (χ2n) is 9.78. The minimum Gasteiger partial charge on any atom is -0.352 e. The van der Waals surface area contributed by atoms with Gasteiger partial charge in [0.25, 0.3) is 0 Å². The fraction of sp³-hybridized carbons (Fsp3) is 0.333. The fourth-order valence-electron chi connectivity index (χ4n) is 4.18. The van der Waals surface area contributed by atoms with Crippen molar-refractivity contribution in [1.29, 1.82) is 0 Å². The first-order valence-electron chi connectivity index (χ1n) is 12.9. The summed E-state index contributed by atoms with van der Waals surface area (Å²) in [6, 6.07) is 22.5. The van der Waals surface area contributed by atoms with E-state index in [4.69, 9.17) is 11.6 Å². The first-order valence-corrected chi connectivity index (χ1v) is 15.1. The van der Waals surface area contributed by atoms with Gasteiger partial charge in [-0.25, -0.2) is 8.42 Å². The van der Waals surface area contributed by atoms with E-state index in [1.54, 1.807) is 42.5 Å². The van der Waals surface area contributed by atoms with Crippen molar-refractivity contribution >= 4 is 39.1 Å². The van der Waals surface area contributed by atoms with Crippen molar-refractivity contribution in [3.8, 4) is 0 Å². The van der Waals surface area contributed by atoms with E-state index < -0.39 is 28.5 Å². The SMILES string of the molecule is CC[C@H](C)NC(=O)[C@H](Cc1ccccc1)N(Cc1ccc(Cl)cc1)C(=O)CN(c1cccc(C)c1)S(C)(=O)=O. The van der Waals surface area contributed by atoms with Gasteiger partial charge in [0.2, 0.25) is 21.8 Å². The van der Waals surface area contributed by atoms with E-state index in [-0.39, 0.29) is 24.9 Å². The third-order valence-electron chi connectivity index (χ3n) is 6.51. The zero-order valence-corrected chi connectivity index (χ0v) is 24.4. The molecule has 0 spiro atoms. The Morgan fingerprint density at radius 2 is 1.62 bits per heavy atom. The minimum absolute atomic E-state index is 0.0944. The molecule has 0 aliphatic rings. The molecule has 7 nitrogen and oxygen atoms in total. The number of nitrogens with zero attached hydrogens (tertiary/aromatic N) is 2. The van der Waals surface area contributed by atoms with Crippen LogP contribution in [0.4, 0.5) is 5.69 Å². The van der Waals surface area contributed by atoms with Gasteiger partial charge in [-0.3, -0.25) is 13.9 Å². The first-order chi connectivity index (χ1) is 18.5. The molecular formula is C30H36ClN3O4S. The Bertz CT molecular complexity index is 1360. The lowest BCUT2D eigenvalue weighted by molar-refractivity contribution is -0.140. The lowest BCUT2D eigenvalue weighted by Crippen LogP contribution is -2.54. The standard InChI is InChI=1S/C30H36ClN3O4S/c1-5-23(3)32-30(36)28(19-24-11-7-6-8-12-24)33(20-25-14-16-26(31)17-15-25)29(35)21-34(39(4,37)38)27-13-9-10-22(2)18-27/h6-18,23,28H,5,19-21H2,1-4H3,(H,32,36)/t23-,28-/m0/s1. The fourth-order valence-corrected chi connectivity index (χ4v) is 5.15. The number of sulfonamides is 1. The van der Waals surface area contributed by atoms with Crippen LogP contribution in [0, 0.1) is 6.92 Å². The maximum Gasteiger partial charge on any atom is 0.244 e. The van der Waals surface area contributed by atoms with Gasteiger partial charge in [-0.05, 0) is 61.2 Å². The number of benzene rings is 3. The molecule has 0 fully saturated rings. The van der Waals surface area contributed by atoms with Gasteiger partial charge in [0.1, 0.15) is 12.6 Å². The topological polar surface area (TPSA) is 86.8 Å². The van der Waals surface area contributed by atoms with Crippen LogP contribution in [-0.4, -0.2) is 50.0 Å². The summed E-state index contributed by atoms with van der Waals surface area (Å²) in [6.45, 7) is 5.39. The van der Waals surface area contributed by atoms with Gasteiger partial charge in [0.15, 0.2) is 0 Å². The van der Waals surface area contributed by atoms with Gasteiger partial charge in [0.05, 0.1) is 11.9 Å². The Balaban J connectivity index is 2.05. The number of hydrogen-bond acceptors (Lipinski definition) is 4. The number of aryl methyl sites for hydroxylation is 1. The molecule has 39 heavy (non-hydrogen) atoms. The summed E-state index contributed by atoms with van der Waals surface area (Å²) < 4.78 is 26.8. The van der Waals surface area contributed by atoms with E-state index in [1.807, 2.05) is 57.2 Å². The van der Waals surface area contributed by atoms with Crippen LogP contribution in [-0.2, 0) is 32.6 Å². The van der Waals surface area contributed by atoms with Gasteiger partial charge in [-0.1, -0.05) is 73.1 Å². The number of carbonyl (C=O) groups excluding carboxylic acids is 2. The van der Waals surface area contributed by atoms with Crippen molar-refractivity contribution < 1.29 is 18.0 Å². The number of hydrogen-bond donors (Lipinski definition) is 1.